The molecule has 7 nitrogen and oxygen atoms in total. The van der Waals surface area contributed by atoms with Crippen molar-refractivity contribution >= 4 is 27.2 Å². The van der Waals surface area contributed by atoms with Gasteiger partial charge in [0.2, 0.25) is 10.0 Å². The summed E-state index contributed by atoms with van der Waals surface area (Å²) in [6, 6.07) is 14.8. The molecule has 0 bridgehead atoms. The van der Waals surface area contributed by atoms with Crippen LogP contribution < -0.4 is 14.8 Å². The molecule has 1 heterocycles. The van der Waals surface area contributed by atoms with Crippen molar-refractivity contribution in [1.82, 2.24) is 9.97 Å². The van der Waals surface area contributed by atoms with Crippen molar-refractivity contribution in [3.63, 3.8) is 0 Å². The zero-order valence-electron chi connectivity index (χ0n) is 15.2. The number of benzene rings is 2. The van der Waals surface area contributed by atoms with Gasteiger partial charge in [-0.15, -0.1) is 0 Å². The molecular weight excluding hydrogens is 364 g/mol. The highest BCUT2D eigenvalue weighted by molar-refractivity contribution is 7.92. The van der Waals surface area contributed by atoms with Gasteiger partial charge >= 0.3 is 0 Å². The Labute approximate surface area is 158 Å². The van der Waals surface area contributed by atoms with Crippen molar-refractivity contribution in [2.75, 3.05) is 23.4 Å². The molecule has 0 atom stereocenters. The van der Waals surface area contributed by atoms with Gasteiger partial charge < -0.3 is 10.1 Å². The van der Waals surface area contributed by atoms with Crippen LogP contribution in [0.2, 0.25) is 0 Å². The summed E-state index contributed by atoms with van der Waals surface area (Å²) in [5.74, 6) is 1.34. The number of anilines is 3. The first-order valence-corrected chi connectivity index (χ1v) is 10.0. The van der Waals surface area contributed by atoms with Crippen LogP contribution in [0.1, 0.15) is 5.56 Å². The highest BCUT2D eigenvalue weighted by atomic mass is 32.2. The summed E-state index contributed by atoms with van der Waals surface area (Å²) in [5.41, 5.74) is 3.70. The fourth-order valence-electron chi connectivity index (χ4n) is 2.52. The maximum Gasteiger partial charge on any atom is 0.229 e. The lowest BCUT2D eigenvalue weighted by molar-refractivity contribution is 0.415. The second-order valence-corrected chi connectivity index (χ2v) is 7.80. The SMILES string of the molecule is COc1cccc(-c2cc(Nc3ccc(C)c(NS(C)(=O)=O)c3)ncn2)c1. The third kappa shape index (κ3) is 4.95. The van der Waals surface area contributed by atoms with E-state index in [9.17, 15) is 8.42 Å². The molecule has 0 amide bonds. The topological polar surface area (TPSA) is 93.2 Å². The first-order chi connectivity index (χ1) is 12.8. The van der Waals surface area contributed by atoms with Crippen LogP contribution >= 0.6 is 0 Å². The van der Waals surface area contributed by atoms with Gasteiger partial charge in [0.25, 0.3) is 0 Å². The van der Waals surface area contributed by atoms with E-state index in [1.54, 1.807) is 13.2 Å². The molecule has 27 heavy (non-hydrogen) atoms. The number of sulfonamides is 1. The Kier molecular flexibility index (Phi) is 5.27. The van der Waals surface area contributed by atoms with Crippen LogP contribution in [0.15, 0.2) is 54.9 Å². The monoisotopic (exact) mass is 384 g/mol. The molecule has 0 fully saturated rings. The van der Waals surface area contributed by atoms with E-state index >= 15 is 0 Å². The minimum absolute atomic E-state index is 0.518. The highest BCUT2D eigenvalue weighted by Gasteiger charge is 2.08. The first-order valence-electron chi connectivity index (χ1n) is 8.16. The van der Waals surface area contributed by atoms with Crippen molar-refractivity contribution in [1.29, 1.82) is 0 Å². The Balaban J connectivity index is 1.87. The molecule has 0 aliphatic rings. The molecule has 8 heteroatoms. The zero-order chi connectivity index (χ0) is 19.4. The number of rotatable bonds is 6. The number of ether oxygens (including phenoxy) is 1. The minimum atomic E-state index is -3.35. The third-order valence-electron chi connectivity index (χ3n) is 3.84. The van der Waals surface area contributed by atoms with E-state index in [1.807, 2.05) is 49.4 Å². The number of aryl methyl sites for hydroxylation is 1. The highest BCUT2D eigenvalue weighted by Crippen LogP contribution is 2.26. The second-order valence-electron chi connectivity index (χ2n) is 6.05. The van der Waals surface area contributed by atoms with Gasteiger partial charge in [-0.3, -0.25) is 4.72 Å². The van der Waals surface area contributed by atoms with Crippen molar-refractivity contribution in [2.24, 2.45) is 0 Å². The van der Waals surface area contributed by atoms with E-state index < -0.39 is 10.0 Å². The van der Waals surface area contributed by atoms with Crippen LogP contribution in [0.25, 0.3) is 11.3 Å². The van der Waals surface area contributed by atoms with Gasteiger partial charge in [-0.1, -0.05) is 18.2 Å². The Morgan fingerprint density at radius 1 is 1.04 bits per heavy atom. The number of hydrogen-bond donors (Lipinski definition) is 2. The summed E-state index contributed by atoms with van der Waals surface area (Å²) < 4.78 is 30.8. The average molecular weight is 384 g/mol. The molecule has 3 aromatic rings. The Hall–Kier alpha value is -3.13. The summed E-state index contributed by atoms with van der Waals surface area (Å²) in [4.78, 5) is 8.55. The number of nitrogens with one attached hydrogen (secondary N) is 2. The number of hydrogen-bond acceptors (Lipinski definition) is 6. The maximum atomic E-state index is 11.5. The van der Waals surface area contributed by atoms with Crippen LogP contribution in [0.4, 0.5) is 17.2 Å². The van der Waals surface area contributed by atoms with Gasteiger partial charge in [0.1, 0.15) is 17.9 Å². The molecule has 1 aromatic heterocycles. The number of aromatic nitrogens is 2. The van der Waals surface area contributed by atoms with E-state index in [2.05, 4.69) is 20.0 Å². The number of methoxy groups -OCH3 is 1. The normalized spacial score (nSPS) is 11.1. The molecular formula is C19H20N4O3S. The number of nitrogens with zero attached hydrogens (tertiary/aromatic N) is 2. The molecule has 0 radical (unpaired) electrons. The molecule has 0 saturated carbocycles. The van der Waals surface area contributed by atoms with Gasteiger partial charge in [0, 0.05) is 17.3 Å². The summed E-state index contributed by atoms with van der Waals surface area (Å²) >= 11 is 0. The third-order valence-corrected chi connectivity index (χ3v) is 4.43. The molecule has 0 aliphatic heterocycles. The van der Waals surface area contributed by atoms with E-state index in [0.717, 1.165) is 28.8 Å². The van der Waals surface area contributed by atoms with Crippen molar-refractivity contribution < 1.29 is 13.2 Å². The van der Waals surface area contributed by atoms with Crippen LogP contribution in [-0.4, -0.2) is 31.8 Å². The van der Waals surface area contributed by atoms with Crippen molar-refractivity contribution in [3.8, 4) is 17.0 Å². The average Bonchev–Trinajstić information content (AvgIpc) is 2.64. The predicted octanol–water partition coefficient (Wildman–Crippen LogP) is 3.58. The largest absolute Gasteiger partial charge is 0.497 e. The van der Waals surface area contributed by atoms with E-state index in [4.69, 9.17) is 4.74 Å². The summed E-state index contributed by atoms with van der Waals surface area (Å²) in [6.45, 7) is 1.84. The van der Waals surface area contributed by atoms with Gasteiger partial charge in [-0.25, -0.2) is 18.4 Å². The lowest BCUT2D eigenvalue weighted by Gasteiger charge is -2.12. The summed E-state index contributed by atoms with van der Waals surface area (Å²) in [5, 5.41) is 3.18. The van der Waals surface area contributed by atoms with E-state index in [-0.39, 0.29) is 0 Å². The zero-order valence-corrected chi connectivity index (χ0v) is 16.0. The smallest absolute Gasteiger partial charge is 0.229 e. The van der Waals surface area contributed by atoms with Crippen LogP contribution in [-0.2, 0) is 10.0 Å². The van der Waals surface area contributed by atoms with Gasteiger partial charge in [-0.05, 0) is 36.8 Å². The molecule has 2 aromatic carbocycles. The molecule has 0 saturated heterocycles. The predicted molar refractivity (Wildman–Crippen MR) is 107 cm³/mol. The van der Waals surface area contributed by atoms with Crippen LogP contribution in [0.5, 0.6) is 5.75 Å². The molecule has 0 spiro atoms. The summed E-state index contributed by atoms with van der Waals surface area (Å²) in [7, 11) is -1.74. The van der Waals surface area contributed by atoms with Gasteiger partial charge in [0.05, 0.1) is 24.7 Å². The van der Waals surface area contributed by atoms with Crippen LogP contribution in [0, 0.1) is 6.92 Å². The fraction of sp³-hybridized carbons (Fsp3) is 0.158. The standard InChI is InChI=1S/C19H20N4O3S/c1-13-7-8-15(10-17(13)23-27(3,24)25)22-19-11-18(20-12-21-19)14-5-4-6-16(9-14)26-2/h4-12,23H,1-3H3,(H,20,21,22). The van der Waals surface area contributed by atoms with E-state index in [1.165, 1.54) is 6.33 Å². The molecule has 140 valence electrons. The molecule has 0 aliphatic carbocycles. The van der Waals surface area contributed by atoms with E-state index in [0.29, 0.717) is 17.2 Å². The Bertz CT molecular complexity index is 1070. The van der Waals surface area contributed by atoms with Crippen molar-refractivity contribution in [2.45, 2.75) is 6.92 Å². The quantitative estimate of drug-likeness (QED) is 0.675. The van der Waals surface area contributed by atoms with Gasteiger partial charge in [-0.2, -0.15) is 0 Å². The Morgan fingerprint density at radius 2 is 1.85 bits per heavy atom. The summed E-state index contributed by atoms with van der Waals surface area (Å²) in [6.07, 6.45) is 2.60. The Morgan fingerprint density at radius 3 is 2.59 bits per heavy atom. The lowest BCUT2D eigenvalue weighted by atomic mass is 10.1. The van der Waals surface area contributed by atoms with Crippen LogP contribution in [0.3, 0.4) is 0 Å². The molecule has 2 N–H and O–H groups in total. The second kappa shape index (κ2) is 7.63. The van der Waals surface area contributed by atoms with Crippen molar-refractivity contribution in [3.05, 3.63) is 60.4 Å². The molecule has 3 rings (SSSR count). The van der Waals surface area contributed by atoms with Gasteiger partial charge in [0.15, 0.2) is 0 Å². The fourth-order valence-corrected chi connectivity index (χ4v) is 3.14. The minimum Gasteiger partial charge on any atom is -0.497 e. The molecule has 0 unspecified atom stereocenters. The first kappa shape index (κ1) is 18.7. The lowest BCUT2D eigenvalue weighted by Crippen LogP contribution is -2.10. The maximum absolute atomic E-state index is 11.5.